The van der Waals surface area contributed by atoms with E-state index in [9.17, 15) is 4.79 Å². The molecule has 1 aromatic carbocycles. The van der Waals surface area contributed by atoms with Crippen LogP contribution in [0.15, 0.2) is 39.7 Å². The van der Waals surface area contributed by atoms with E-state index in [0.29, 0.717) is 4.47 Å². The van der Waals surface area contributed by atoms with Gasteiger partial charge in [0.05, 0.1) is 15.2 Å². The summed E-state index contributed by atoms with van der Waals surface area (Å²) in [6.07, 6.45) is 1.58. The first-order chi connectivity index (χ1) is 8.56. The van der Waals surface area contributed by atoms with Gasteiger partial charge in [-0.05, 0) is 34.5 Å². The van der Waals surface area contributed by atoms with Crippen LogP contribution in [0.1, 0.15) is 11.1 Å². The first kappa shape index (κ1) is 12.9. The molecule has 0 N–H and O–H groups in total. The lowest BCUT2D eigenvalue weighted by atomic mass is 10.2. The maximum absolute atomic E-state index is 12.2. The second-order valence-corrected chi connectivity index (χ2v) is 4.97. The molecule has 0 atom stereocenters. The Morgan fingerprint density at radius 1 is 1.39 bits per heavy atom. The molecule has 2 rings (SSSR count). The average Bonchev–Trinajstić information content (AvgIpc) is 2.36. The van der Waals surface area contributed by atoms with Gasteiger partial charge in [0, 0.05) is 6.20 Å². The average molecular weight is 324 g/mol. The molecule has 0 amide bonds. The summed E-state index contributed by atoms with van der Waals surface area (Å²) in [5.41, 5.74) is 1.20. The Morgan fingerprint density at radius 2 is 2.06 bits per heavy atom. The Hall–Kier alpha value is -1.57. The molecule has 0 unspecified atom stereocenters. The first-order valence-corrected chi connectivity index (χ1v) is 6.30. The Balaban J connectivity index is 2.83. The summed E-state index contributed by atoms with van der Waals surface area (Å²) in [4.78, 5) is 12.2. The first-order valence-electron chi connectivity index (χ1n) is 5.13. The summed E-state index contributed by atoms with van der Waals surface area (Å²) in [5, 5.41) is 9.14. The monoisotopic (exact) mass is 322 g/mol. The van der Waals surface area contributed by atoms with Crippen LogP contribution in [0.3, 0.4) is 0 Å². The predicted molar refractivity (Wildman–Crippen MR) is 74.2 cm³/mol. The second-order valence-electron chi connectivity index (χ2n) is 3.74. The van der Waals surface area contributed by atoms with Crippen molar-refractivity contribution in [2.45, 2.75) is 6.92 Å². The summed E-state index contributed by atoms with van der Waals surface area (Å²) in [6, 6.07) is 9.28. The molecule has 3 nitrogen and oxygen atoms in total. The summed E-state index contributed by atoms with van der Waals surface area (Å²) >= 11 is 9.17. The van der Waals surface area contributed by atoms with Crippen LogP contribution >= 0.6 is 27.5 Å². The Morgan fingerprint density at radius 3 is 2.67 bits per heavy atom. The SMILES string of the molecule is Cc1ccccc1-n1cc(Br)c(Cl)c(C#N)c1=O. The fraction of sp³-hybridized carbons (Fsp3) is 0.0769. The lowest BCUT2D eigenvalue weighted by molar-refractivity contribution is 0.964. The van der Waals surface area contributed by atoms with Gasteiger partial charge in [0.15, 0.2) is 0 Å². The minimum atomic E-state index is -0.417. The number of rotatable bonds is 1. The minimum absolute atomic E-state index is 0.0608. The van der Waals surface area contributed by atoms with Crippen LogP contribution in [0.25, 0.3) is 5.69 Å². The van der Waals surface area contributed by atoms with Gasteiger partial charge >= 0.3 is 0 Å². The topological polar surface area (TPSA) is 45.8 Å². The standard InChI is InChI=1S/C13H8BrClN2O/c1-8-4-2-3-5-11(8)17-7-10(14)12(15)9(6-16)13(17)18/h2-5,7H,1H3. The Labute approximate surface area is 117 Å². The van der Waals surface area contributed by atoms with E-state index < -0.39 is 5.56 Å². The van der Waals surface area contributed by atoms with Crippen LogP contribution in [0.2, 0.25) is 5.02 Å². The number of hydrogen-bond acceptors (Lipinski definition) is 2. The van der Waals surface area contributed by atoms with E-state index in [4.69, 9.17) is 16.9 Å². The van der Waals surface area contributed by atoms with Gasteiger partial charge in [-0.2, -0.15) is 5.26 Å². The molecule has 0 saturated carbocycles. The summed E-state index contributed by atoms with van der Waals surface area (Å²) in [6.45, 7) is 1.90. The van der Waals surface area contributed by atoms with Crippen LogP contribution < -0.4 is 5.56 Å². The third kappa shape index (κ3) is 2.07. The van der Waals surface area contributed by atoms with Gasteiger partial charge in [-0.1, -0.05) is 29.8 Å². The van der Waals surface area contributed by atoms with Crippen LogP contribution in [0.4, 0.5) is 0 Å². The van der Waals surface area contributed by atoms with E-state index in [1.54, 1.807) is 6.20 Å². The van der Waals surface area contributed by atoms with Gasteiger partial charge in [0.25, 0.3) is 5.56 Å². The fourth-order valence-corrected chi connectivity index (χ4v) is 2.25. The van der Waals surface area contributed by atoms with E-state index in [-0.39, 0.29) is 10.6 Å². The van der Waals surface area contributed by atoms with Crippen molar-refractivity contribution in [1.82, 2.24) is 4.57 Å². The maximum Gasteiger partial charge on any atom is 0.274 e. The number of aromatic nitrogens is 1. The maximum atomic E-state index is 12.2. The van der Waals surface area contributed by atoms with E-state index >= 15 is 0 Å². The van der Waals surface area contributed by atoms with Crippen molar-refractivity contribution >= 4 is 27.5 Å². The van der Waals surface area contributed by atoms with Crippen molar-refractivity contribution in [3.63, 3.8) is 0 Å². The Kier molecular flexibility index (Phi) is 3.55. The van der Waals surface area contributed by atoms with Gasteiger partial charge in [0.1, 0.15) is 11.6 Å². The highest BCUT2D eigenvalue weighted by Gasteiger charge is 2.14. The van der Waals surface area contributed by atoms with E-state index in [2.05, 4.69) is 15.9 Å². The van der Waals surface area contributed by atoms with Crippen molar-refractivity contribution in [3.8, 4) is 11.8 Å². The molecule has 0 saturated heterocycles. The molecule has 18 heavy (non-hydrogen) atoms. The zero-order valence-corrected chi connectivity index (χ0v) is 11.8. The lowest BCUT2D eigenvalue weighted by Crippen LogP contribution is -2.21. The predicted octanol–water partition coefficient (Wildman–Crippen LogP) is 3.43. The molecule has 0 aliphatic rings. The highest BCUT2D eigenvalue weighted by Crippen LogP contribution is 2.24. The molecule has 0 fully saturated rings. The summed E-state index contributed by atoms with van der Waals surface area (Å²) < 4.78 is 1.94. The number of hydrogen-bond donors (Lipinski definition) is 0. The summed E-state index contributed by atoms with van der Waals surface area (Å²) in [7, 11) is 0. The second kappa shape index (κ2) is 4.97. The normalized spacial score (nSPS) is 10.1. The molecule has 0 bridgehead atoms. The number of nitriles is 1. The zero-order valence-electron chi connectivity index (χ0n) is 9.45. The van der Waals surface area contributed by atoms with Crippen molar-refractivity contribution < 1.29 is 0 Å². The molecular formula is C13H8BrClN2O. The highest BCUT2D eigenvalue weighted by molar-refractivity contribution is 9.10. The molecule has 1 aromatic heterocycles. The number of halogens is 2. The van der Waals surface area contributed by atoms with Gasteiger partial charge in [-0.15, -0.1) is 0 Å². The molecule has 0 spiro atoms. The zero-order chi connectivity index (χ0) is 13.3. The van der Waals surface area contributed by atoms with Gasteiger partial charge in [0.2, 0.25) is 0 Å². The number of nitrogens with zero attached hydrogens (tertiary/aromatic N) is 2. The largest absolute Gasteiger partial charge is 0.282 e. The minimum Gasteiger partial charge on any atom is -0.282 e. The fourth-order valence-electron chi connectivity index (χ4n) is 1.67. The summed E-state index contributed by atoms with van der Waals surface area (Å²) in [5.74, 6) is 0. The van der Waals surface area contributed by atoms with Crippen LogP contribution in [0.5, 0.6) is 0 Å². The van der Waals surface area contributed by atoms with Gasteiger partial charge in [-0.3, -0.25) is 9.36 Å². The molecule has 90 valence electrons. The number of aryl methyl sites for hydroxylation is 1. The van der Waals surface area contributed by atoms with Crippen molar-refractivity contribution in [2.75, 3.05) is 0 Å². The molecule has 5 heteroatoms. The van der Waals surface area contributed by atoms with Crippen molar-refractivity contribution in [1.29, 1.82) is 5.26 Å². The van der Waals surface area contributed by atoms with E-state index in [1.807, 2.05) is 37.3 Å². The van der Waals surface area contributed by atoms with E-state index in [0.717, 1.165) is 11.3 Å². The quantitative estimate of drug-likeness (QED) is 0.807. The lowest BCUT2D eigenvalue weighted by Gasteiger charge is -2.10. The smallest absolute Gasteiger partial charge is 0.274 e. The molecule has 0 radical (unpaired) electrons. The molecule has 0 aliphatic carbocycles. The van der Waals surface area contributed by atoms with Gasteiger partial charge in [-0.25, -0.2) is 0 Å². The van der Waals surface area contributed by atoms with Crippen LogP contribution in [0, 0.1) is 18.3 Å². The van der Waals surface area contributed by atoms with Crippen molar-refractivity contribution in [3.05, 3.63) is 61.4 Å². The van der Waals surface area contributed by atoms with Crippen LogP contribution in [-0.4, -0.2) is 4.57 Å². The van der Waals surface area contributed by atoms with E-state index in [1.165, 1.54) is 4.57 Å². The molecule has 2 aromatic rings. The molecular weight excluding hydrogens is 316 g/mol. The van der Waals surface area contributed by atoms with Crippen molar-refractivity contribution in [2.24, 2.45) is 0 Å². The third-order valence-corrected chi connectivity index (χ3v) is 3.81. The number of pyridine rings is 1. The number of para-hydroxylation sites is 1. The van der Waals surface area contributed by atoms with Crippen LogP contribution in [-0.2, 0) is 0 Å². The third-order valence-electron chi connectivity index (χ3n) is 2.59. The molecule has 1 heterocycles. The molecule has 0 aliphatic heterocycles. The number of benzene rings is 1. The Bertz CT molecular complexity index is 716. The highest BCUT2D eigenvalue weighted by atomic mass is 79.9. The van der Waals surface area contributed by atoms with Gasteiger partial charge < -0.3 is 0 Å².